The van der Waals surface area contributed by atoms with E-state index in [1.165, 1.54) is 0 Å². The van der Waals surface area contributed by atoms with Gasteiger partial charge in [0.15, 0.2) is 12.6 Å². The van der Waals surface area contributed by atoms with E-state index in [9.17, 15) is 0 Å². The molecule has 0 spiro atoms. The molecule has 0 aromatic rings. The average molecular weight is 148 g/mol. The van der Waals surface area contributed by atoms with Crippen LogP contribution in [0, 0.1) is 0 Å². The summed E-state index contributed by atoms with van der Waals surface area (Å²) in [6, 6.07) is 0. The van der Waals surface area contributed by atoms with Crippen LogP contribution in [0.25, 0.3) is 0 Å². The smallest absolute Gasteiger partial charge is 0.158 e. The molecule has 2 unspecified atom stereocenters. The van der Waals surface area contributed by atoms with Crippen molar-refractivity contribution in [1.29, 1.82) is 0 Å². The molecule has 0 saturated carbocycles. The Morgan fingerprint density at radius 1 is 0.800 bits per heavy atom. The maximum Gasteiger partial charge on any atom is 0.158 e. The van der Waals surface area contributed by atoms with Crippen molar-refractivity contribution in [3.63, 3.8) is 0 Å². The molecule has 8 heteroatoms. The lowest BCUT2D eigenvalue weighted by molar-refractivity contribution is -0.0272. The Hall–Kier alpha value is -0.320. The fourth-order valence-electron chi connectivity index (χ4n) is 0.703. The third-order valence-electron chi connectivity index (χ3n) is 1.42. The molecule has 1 heterocycles. The highest BCUT2D eigenvalue weighted by molar-refractivity contribution is 4.68. The molecule has 60 valence electrons. The van der Waals surface area contributed by atoms with Crippen molar-refractivity contribution < 1.29 is 0 Å². The number of rotatable bonds is 0. The third kappa shape index (κ3) is 0.885. The van der Waals surface area contributed by atoms with Gasteiger partial charge >= 0.3 is 0 Å². The van der Waals surface area contributed by atoms with Gasteiger partial charge in [0, 0.05) is 0 Å². The molecule has 0 amide bonds. The van der Waals surface area contributed by atoms with Crippen LogP contribution < -0.4 is 29.0 Å². The highest BCUT2D eigenvalue weighted by atomic mass is 16.0. The molecule has 1 rings (SSSR count). The van der Waals surface area contributed by atoms with E-state index in [-0.39, 0.29) is 0 Å². The van der Waals surface area contributed by atoms with Crippen LogP contribution in [0.5, 0.6) is 0 Å². The number of hydrogen-bond donors (Lipinski definition) is 5. The first-order valence-electron chi connectivity index (χ1n) is 2.67. The second-order valence-electron chi connectivity index (χ2n) is 2.03. The van der Waals surface area contributed by atoms with Crippen LogP contribution in [0.15, 0.2) is 0 Å². The summed E-state index contributed by atoms with van der Waals surface area (Å²) >= 11 is 0. The minimum atomic E-state index is -0.667. The predicted molar refractivity (Wildman–Crippen MR) is 34.0 cm³/mol. The van der Waals surface area contributed by atoms with Crippen molar-refractivity contribution in [2.75, 3.05) is 0 Å². The van der Waals surface area contributed by atoms with Crippen molar-refractivity contribution in [3.8, 4) is 0 Å². The van der Waals surface area contributed by atoms with Crippen molar-refractivity contribution in [2.24, 2.45) is 29.0 Å². The second kappa shape index (κ2) is 2.38. The van der Waals surface area contributed by atoms with Crippen molar-refractivity contribution in [3.05, 3.63) is 0 Å². The topological polar surface area (TPSA) is 140 Å². The normalized spacial score (nSPS) is 39.3. The van der Waals surface area contributed by atoms with E-state index in [1.54, 1.807) is 0 Å². The van der Waals surface area contributed by atoms with Gasteiger partial charge in [0.1, 0.15) is 0 Å². The summed E-state index contributed by atoms with van der Waals surface area (Å²) in [5.41, 5.74) is 10.8. The number of hydrazine groups is 4. The summed E-state index contributed by atoms with van der Waals surface area (Å²) in [6.07, 6.45) is -1.33. The average Bonchev–Trinajstić information content (AvgIpc) is 2.07. The lowest BCUT2D eigenvalue weighted by atomic mass is 10.8. The molecule has 0 aromatic carbocycles. The molecule has 1 aliphatic heterocycles. The van der Waals surface area contributed by atoms with Gasteiger partial charge in [-0.05, 0) is 0 Å². The summed E-state index contributed by atoms with van der Waals surface area (Å²) < 4.78 is 0. The minimum Gasteiger partial charge on any atom is -0.300 e. The summed E-state index contributed by atoms with van der Waals surface area (Å²) in [5, 5.41) is 3.23. The van der Waals surface area contributed by atoms with E-state index >= 15 is 0 Å². The quantitative estimate of drug-likeness (QED) is 0.218. The van der Waals surface area contributed by atoms with Crippen LogP contribution in [0.1, 0.15) is 0 Å². The molecule has 8 nitrogen and oxygen atoms in total. The Kier molecular flexibility index (Phi) is 1.85. The van der Waals surface area contributed by atoms with Crippen LogP contribution >= 0.6 is 0 Å². The van der Waals surface area contributed by atoms with Gasteiger partial charge in [-0.15, -0.1) is 10.2 Å². The Balaban J connectivity index is 2.68. The first kappa shape index (κ1) is 7.78. The van der Waals surface area contributed by atoms with E-state index in [0.717, 1.165) is 15.2 Å². The van der Waals surface area contributed by atoms with Crippen LogP contribution in [-0.2, 0) is 0 Å². The van der Waals surface area contributed by atoms with Gasteiger partial charge in [0.2, 0.25) is 0 Å². The standard InChI is InChI=1S/C2H12N8/c3-1-8(5)2(4)10(7)9(1)6/h1-2H,3-7H2. The lowest BCUT2D eigenvalue weighted by Crippen LogP contribution is -2.56. The van der Waals surface area contributed by atoms with Crippen LogP contribution in [0.3, 0.4) is 0 Å². The van der Waals surface area contributed by atoms with E-state index in [0.29, 0.717) is 0 Å². The van der Waals surface area contributed by atoms with E-state index in [4.69, 9.17) is 29.0 Å². The van der Waals surface area contributed by atoms with Crippen molar-refractivity contribution in [2.45, 2.75) is 12.6 Å². The molecule has 1 fully saturated rings. The highest BCUT2D eigenvalue weighted by Crippen LogP contribution is 2.06. The number of nitrogens with two attached hydrogens (primary N) is 5. The van der Waals surface area contributed by atoms with Crippen molar-refractivity contribution in [1.82, 2.24) is 15.2 Å². The maximum absolute atomic E-state index is 5.40. The van der Waals surface area contributed by atoms with Crippen molar-refractivity contribution >= 4 is 0 Å². The Morgan fingerprint density at radius 3 is 1.20 bits per heavy atom. The fraction of sp³-hybridized carbons (Fsp3) is 1.00. The second-order valence-corrected chi connectivity index (χ2v) is 2.03. The number of hydrogen-bond acceptors (Lipinski definition) is 8. The minimum absolute atomic E-state index is 0.667. The van der Waals surface area contributed by atoms with E-state index in [1.807, 2.05) is 0 Å². The van der Waals surface area contributed by atoms with Crippen LogP contribution in [0.2, 0.25) is 0 Å². The summed E-state index contributed by atoms with van der Waals surface area (Å²) in [5.74, 6) is 16.0. The largest absolute Gasteiger partial charge is 0.300 e. The van der Waals surface area contributed by atoms with E-state index in [2.05, 4.69) is 0 Å². The zero-order valence-electron chi connectivity index (χ0n) is 5.38. The van der Waals surface area contributed by atoms with Gasteiger partial charge in [0.05, 0.1) is 0 Å². The molecule has 0 aromatic heterocycles. The van der Waals surface area contributed by atoms with Crippen LogP contribution in [0.4, 0.5) is 0 Å². The summed E-state index contributed by atoms with van der Waals surface area (Å²) in [7, 11) is 0. The Labute approximate surface area is 58.0 Å². The fourth-order valence-corrected chi connectivity index (χ4v) is 0.703. The molecule has 10 N–H and O–H groups in total. The van der Waals surface area contributed by atoms with Crippen LogP contribution in [-0.4, -0.2) is 27.8 Å². The SMILES string of the molecule is NC1N(N)C(N)N(N)N1N. The third-order valence-corrected chi connectivity index (χ3v) is 1.42. The monoisotopic (exact) mass is 148 g/mol. The zero-order valence-corrected chi connectivity index (χ0v) is 5.38. The summed E-state index contributed by atoms with van der Waals surface area (Å²) in [4.78, 5) is 0. The Morgan fingerprint density at radius 2 is 1.10 bits per heavy atom. The molecule has 2 atom stereocenters. The first-order chi connectivity index (χ1) is 4.55. The molecule has 0 bridgehead atoms. The van der Waals surface area contributed by atoms with Gasteiger partial charge in [-0.2, -0.15) is 5.01 Å². The molecule has 0 radical (unpaired) electrons. The van der Waals surface area contributed by atoms with Gasteiger partial charge in [0.25, 0.3) is 0 Å². The molecule has 1 saturated heterocycles. The predicted octanol–water partition coefficient (Wildman–Crippen LogP) is -4.07. The Bertz CT molecular complexity index is 79.6. The van der Waals surface area contributed by atoms with E-state index < -0.39 is 12.6 Å². The molecule has 1 aliphatic rings. The molecule has 0 aliphatic carbocycles. The zero-order chi connectivity index (χ0) is 7.89. The first-order valence-corrected chi connectivity index (χ1v) is 2.67. The summed E-state index contributed by atoms with van der Waals surface area (Å²) in [6.45, 7) is 0. The molecular formula is C2H12N8. The van der Waals surface area contributed by atoms with Gasteiger partial charge in [-0.3, -0.25) is 29.0 Å². The van der Waals surface area contributed by atoms with Gasteiger partial charge in [-0.1, -0.05) is 0 Å². The molecular weight excluding hydrogens is 136 g/mol. The van der Waals surface area contributed by atoms with Gasteiger partial charge < -0.3 is 0 Å². The molecule has 10 heavy (non-hydrogen) atoms. The lowest BCUT2D eigenvalue weighted by Gasteiger charge is -2.19. The number of nitrogens with zero attached hydrogens (tertiary/aromatic N) is 3. The van der Waals surface area contributed by atoms with Gasteiger partial charge in [-0.25, -0.2) is 0 Å². The highest BCUT2D eigenvalue weighted by Gasteiger charge is 2.37. The maximum atomic E-state index is 5.40.